The Morgan fingerprint density at radius 1 is 1.15 bits per heavy atom. The molecule has 0 radical (unpaired) electrons. The Labute approximate surface area is 119 Å². The van der Waals surface area contributed by atoms with E-state index < -0.39 is 10.3 Å². The maximum Gasteiger partial charge on any atom is 0.433 e. The van der Waals surface area contributed by atoms with Gasteiger partial charge in [0.25, 0.3) is 0 Å². The second-order valence-electron chi connectivity index (χ2n) is 4.20. The Bertz CT molecular complexity index is 654. The molecule has 1 atom stereocenters. The first-order chi connectivity index (χ1) is 9.65. The number of halogens is 1. The topological polar surface area (TPSA) is 74.7 Å². The zero-order valence-electron chi connectivity index (χ0n) is 10.2. The van der Waals surface area contributed by atoms with Crippen molar-refractivity contribution in [2.45, 2.75) is 5.38 Å². The van der Waals surface area contributed by atoms with Gasteiger partial charge in [-0.25, -0.2) is 0 Å². The molecule has 3 rings (SSSR count). The maximum absolute atomic E-state index is 10.6. The molecule has 1 aliphatic heterocycles. The van der Waals surface area contributed by atoms with Crippen LogP contribution in [0.5, 0.6) is 11.5 Å². The predicted octanol–water partition coefficient (Wildman–Crippen LogP) is 3.29. The van der Waals surface area contributed by atoms with E-state index in [9.17, 15) is 10.1 Å². The molecule has 0 amide bonds. The second-order valence-corrected chi connectivity index (χ2v) is 4.64. The van der Waals surface area contributed by atoms with Gasteiger partial charge in [-0.3, -0.25) is 10.1 Å². The van der Waals surface area contributed by atoms with Gasteiger partial charge in [-0.2, -0.15) is 0 Å². The largest absolute Gasteiger partial charge is 0.486 e. The van der Waals surface area contributed by atoms with Gasteiger partial charge in [-0.1, -0.05) is 6.07 Å². The molecule has 1 aromatic carbocycles. The highest BCUT2D eigenvalue weighted by Gasteiger charge is 2.21. The summed E-state index contributed by atoms with van der Waals surface area (Å²) in [5, 5.41) is 9.97. The molecule has 0 saturated carbocycles. The Morgan fingerprint density at radius 3 is 2.60 bits per heavy atom. The lowest BCUT2D eigenvalue weighted by Gasteiger charge is -2.19. The van der Waals surface area contributed by atoms with Crippen molar-refractivity contribution < 1.29 is 18.8 Å². The molecule has 1 aromatic heterocycles. The molecule has 1 aliphatic rings. The Morgan fingerprint density at radius 2 is 1.90 bits per heavy atom. The normalized spacial score (nSPS) is 14.8. The number of hydrogen-bond acceptors (Lipinski definition) is 5. The fourth-order valence-corrected chi connectivity index (χ4v) is 2.21. The molecule has 0 N–H and O–H groups in total. The van der Waals surface area contributed by atoms with Crippen LogP contribution in [0.25, 0.3) is 0 Å². The quantitative estimate of drug-likeness (QED) is 0.493. The van der Waals surface area contributed by atoms with Gasteiger partial charge in [0.15, 0.2) is 11.5 Å². The van der Waals surface area contributed by atoms with E-state index in [0.29, 0.717) is 30.5 Å². The van der Waals surface area contributed by atoms with Crippen molar-refractivity contribution in [2.75, 3.05) is 13.2 Å². The van der Waals surface area contributed by atoms with Gasteiger partial charge >= 0.3 is 5.88 Å². The molecule has 0 bridgehead atoms. The van der Waals surface area contributed by atoms with E-state index in [2.05, 4.69) is 0 Å². The smallest absolute Gasteiger partial charge is 0.433 e. The van der Waals surface area contributed by atoms with Crippen LogP contribution in [-0.2, 0) is 0 Å². The highest BCUT2D eigenvalue weighted by molar-refractivity contribution is 6.22. The predicted molar refractivity (Wildman–Crippen MR) is 70.5 cm³/mol. The lowest BCUT2D eigenvalue weighted by Crippen LogP contribution is -2.15. The van der Waals surface area contributed by atoms with Gasteiger partial charge in [0.05, 0.1) is 6.07 Å². The standard InChI is InChI=1S/C13H10ClNO5/c14-13(10-3-4-12(20-10)15(16)17)8-1-2-9-11(7-8)19-6-5-18-9/h1-4,7,13H,5-6H2. The minimum atomic E-state index is -0.625. The molecule has 0 spiro atoms. The molecule has 2 aromatic rings. The fourth-order valence-electron chi connectivity index (χ4n) is 1.96. The third-order valence-corrected chi connectivity index (χ3v) is 3.37. The minimum Gasteiger partial charge on any atom is -0.486 e. The minimum absolute atomic E-state index is 0.315. The van der Waals surface area contributed by atoms with E-state index in [1.165, 1.54) is 12.1 Å². The number of alkyl halides is 1. The summed E-state index contributed by atoms with van der Waals surface area (Å²) in [5.41, 5.74) is 0.722. The summed E-state index contributed by atoms with van der Waals surface area (Å²) in [4.78, 5) is 10.00. The van der Waals surface area contributed by atoms with Gasteiger partial charge in [-0.05, 0) is 23.8 Å². The van der Waals surface area contributed by atoms with Crippen molar-refractivity contribution in [3.05, 3.63) is 51.8 Å². The molecule has 0 aliphatic carbocycles. The van der Waals surface area contributed by atoms with Crippen LogP contribution in [0.3, 0.4) is 0 Å². The van der Waals surface area contributed by atoms with Gasteiger partial charge in [0.2, 0.25) is 0 Å². The van der Waals surface area contributed by atoms with Crippen molar-refractivity contribution in [3.8, 4) is 11.5 Å². The van der Waals surface area contributed by atoms with Gasteiger partial charge in [0.1, 0.15) is 29.3 Å². The van der Waals surface area contributed by atoms with Gasteiger partial charge in [-0.15, -0.1) is 11.6 Å². The fraction of sp³-hybridized carbons (Fsp3) is 0.231. The molecule has 7 heteroatoms. The van der Waals surface area contributed by atoms with E-state index in [4.69, 9.17) is 25.5 Å². The van der Waals surface area contributed by atoms with Crippen LogP contribution in [0.15, 0.2) is 34.7 Å². The first-order valence-electron chi connectivity index (χ1n) is 5.93. The number of benzene rings is 1. The summed E-state index contributed by atoms with van der Waals surface area (Å²) in [5.74, 6) is 1.26. The van der Waals surface area contributed by atoms with E-state index in [1.807, 2.05) is 0 Å². The second kappa shape index (κ2) is 5.05. The summed E-state index contributed by atoms with van der Waals surface area (Å²) >= 11 is 6.28. The molecule has 6 nitrogen and oxygen atoms in total. The first-order valence-corrected chi connectivity index (χ1v) is 6.36. The Kier molecular flexibility index (Phi) is 3.23. The molecule has 2 heterocycles. The number of furan rings is 1. The van der Waals surface area contributed by atoms with Crippen LogP contribution in [-0.4, -0.2) is 18.1 Å². The third kappa shape index (κ3) is 2.30. The van der Waals surface area contributed by atoms with Gasteiger partial charge < -0.3 is 13.9 Å². The van der Waals surface area contributed by atoms with Gasteiger partial charge in [0, 0.05) is 0 Å². The van der Waals surface area contributed by atoms with Crippen molar-refractivity contribution in [3.63, 3.8) is 0 Å². The number of hydrogen-bond donors (Lipinski definition) is 0. The summed E-state index contributed by atoms with van der Waals surface area (Å²) in [6, 6.07) is 8.06. The average molecular weight is 296 g/mol. The van der Waals surface area contributed by atoms with Crippen LogP contribution in [0.2, 0.25) is 0 Å². The monoisotopic (exact) mass is 295 g/mol. The van der Waals surface area contributed by atoms with Crippen molar-refractivity contribution in [2.24, 2.45) is 0 Å². The third-order valence-electron chi connectivity index (χ3n) is 2.90. The Balaban J connectivity index is 1.89. The highest BCUT2D eigenvalue weighted by atomic mass is 35.5. The number of ether oxygens (including phenoxy) is 2. The molecular weight excluding hydrogens is 286 g/mol. The molecular formula is C13H10ClNO5. The molecule has 0 fully saturated rings. The summed E-state index contributed by atoms with van der Waals surface area (Å²) in [7, 11) is 0. The molecule has 20 heavy (non-hydrogen) atoms. The number of nitrogens with zero attached hydrogens (tertiary/aromatic N) is 1. The van der Waals surface area contributed by atoms with E-state index in [0.717, 1.165) is 5.56 Å². The van der Waals surface area contributed by atoms with Crippen LogP contribution < -0.4 is 9.47 Å². The van der Waals surface area contributed by atoms with Crippen molar-refractivity contribution >= 4 is 17.5 Å². The lowest BCUT2D eigenvalue weighted by atomic mass is 10.1. The molecule has 1 unspecified atom stereocenters. The zero-order valence-corrected chi connectivity index (χ0v) is 11.0. The molecule has 0 saturated heterocycles. The zero-order chi connectivity index (χ0) is 14.1. The van der Waals surface area contributed by atoms with Crippen LogP contribution >= 0.6 is 11.6 Å². The van der Waals surface area contributed by atoms with Crippen LogP contribution in [0.1, 0.15) is 16.7 Å². The highest BCUT2D eigenvalue weighted by Crippen LogP contribution is 2.37. The summed E-state index contributed by atoms with van der Waals surface area (Å²) in [6.45, 7) is 0.997. The van der Waals surface area contributed by atoms with E-state index >= 15 is 0 Å². The van der Waals surface area contributed by atoms with E-state index in [1.54, 1.807) is 18.2 Å². The molecule has 104 valence electrons. The average Bonchev–Trinajstić information content (AvgIpc) is 2.96. The van der Waals surface area contributed by atoms with E-state index in [-0.39, 0.29) is 5.88 Å². The number of nitro groups is 1. The van der Waals surface area contributed by atoms with Crippen LogP contribution in [0.4, 0.5) is 5.88 Å². The number of fused-ring (bicyclic) bond motifs is 1. The van der Waals surface area contributed by atoms with Crippen molar-refractivity contribution in [1.82, 2.24) is 0 Å². The number of rotatable bonds is 3. The first kappa shape index (κ1) is 12.8. The lowest BCUT2D eigenvalue weighted by molar-refractivity contribution is -0.402. The maximum atomic E-state index is 10.6. The summed E-state index contributed by atoms with van der Waals surface area (Å²) < 4.78 is 16.0. The summed E-state index contributed by atoms with van der Waals surface area (Å²) in [6.07, 6.45) is 0. The Hall–Kier alpha value is -2.21. The SMILES string of the molecule is O=[N+]([O-])c1ccc(C(Cl)c2ccc3c(c2)OCCO3)o1. The van der Waals surface area contributed by atoms with Crippen molar-refractivity contribution in [1.29, 1.82) is 0 Å². The van der Waals surface area contributed by atoms with Crippen LogP contribution in [0, 0.1) is 10.1 Å².